The van der Waals surface area contributed by atoms with Crippen molar-refractivity contribution in [2.75, 3.05) is 19.8 Å². The lowest BCUT2D eigenvalue weighted by molar-refractivity contribution is -0.135. The monoisotopic (exact) mass is 483 g/mol. The maximum absolute atomic E-state index is 13.8. The molecule has 4 nitrogen and oxygen atoms in total. The van der Waals surface area contributed by atoms with E-state index < -0.39 is 47.3 Å². The largest absolute Gasteiger partial charge is 0.477 e. The molecule has 1 amide bonds. The van der Waals surface area contributed by atoms with Crippen LogP contribution in [0.25, 0.3) is 0 Å². The molecule has 1 atom stereocenters. The Hall–Kier alpha value is -2.10. The quantitative estimate of drug-likeness (QED) is 0.305. The van der Waals surface area contributed by atoms with Gasteiger partial charge in [0.2, 0.25) is 29.1 Å². The van der Waals surface area contributed by atoms with Gasteiger partial charge >= 0.3 is 0 Å². The third-order valence-corrected chi connectivity index (χ3v) is 5.27. The van der Waals surface area contributed by atoms with Crippen LogP contribution in [0.4, 0.5) is 22.0 Å². The van der Waals surface area contributed by atoms with E-state index in [0.717, 1.165) is 6.42 Å². The number of carbonyl (C=O) groups excluding carboxylic acids is 1. The minimum atomic E-state index is -2.31. The van der Waals surface area contributed by atoms with E-state index in [1.807, 2.05) is 0 Å². The number of ether oxygens (including phenoxy) is 2. The third kappa shape index (κ3) is 5.39. The summed E-state index contributed by atoms with van der Waals surface area (Å²) in [4.78, 5) is 14.0. The van der Waals surface area contributed by atoms with E-state index in [1.54, 1.807) is 12.1 Å². The summed E-state index contributed by atoms with van der Waals surface area (Å²) >= 11 is 12.0. The van der Waals surface area contributed by atoms with Crippen molar-refractivity contribution in [1.82, 2.24) is 4.90 Å². The zero-order chi connectivity index (χ0) is 22.7. The summed E-state index contributed by atoms with van der Waals surface area (Å²) in [6.45, 7) is -0.320. The van der Waals surface area contributed by atoms with Crippen LogP contribution in [0.3, 0.4) is 0 Å². The first kappa shape index (κ1) is 23.6. The second kappa shape index (κ2) is 10.0. The Morgan fingerprint density at radius 1 is 1.06 bits per heavy atom. The molecule has 1 heterocycles. The SMILES string of the molecule is O=C(COc1c(F)c(F)c(F)c(F)c1F)N(Cc1ccc(Cl)cc1Cl)C[C@@H]1CCCO1. The van der Waals surface area contributed by atoms with Gasteiger partial charge in [0.25, 0.3) is 5.91 Å². The Bertz CT molecular complexity index is 957. The lowest BCUT2D eigenvalue weighted by Gasteiger charge is -2.26. The van der Waals surface area contributed by atoms with Crippen molar-refractivity contribution in [3.63, 3.8) is 0 Å². The van der Waals surface area contributed by atoms with E-state index in [-0.39, 0.29) is 19.2 Å². The molecule has 31 heavy (non-hydrogen) atoms. The zero-order valence-electron chi connectivity index (χ0n) is 15.9. The van der Waals surface area contributed by atoms with Crippen LogP contribution < -0.4 is 4.74 Å². The van der Waals surface area contributed by atoms with Crippen molar-refractivity contribution >= 4 is 29.1 Å². The van der Waals surface area contributed by atoms with E-state index >= 15 is 0 Å². The molecular formula is C20H16Cl2F5NO3. The number of rotatable bonds is 7. The molecule has 2 aromatic rings. The van der Waals surface area contributed by atoms with Gasteiger partial charge in [0, 0.05) is 29.7 Å². The number of nitrogens with zero attached hydrogens (tertiary/aromatic N) is 1. The van der Waals surface area contributed by atoms with Gasteiger partial charge in [0.1, 0.15) is 0 Å². The fourth-order valence-corrected chi connectivity index (χ4v) is 3.55. The van der Waals surface area contributed by atoms with Gasteiger partial charge in [-0.3, -0.25) is 4.79 Å². The number of amides is 1. The average Bonchev–Trinajstić information content (AvgIpc) is 3.25. The minimum Gasteiger partial charge on any atom is -0.477 e. The second-order valence-electron chi connectivity index (χ2n) is 6.83. The first-order valence-corrected chi connectivity index (χ1v) is 9.92. The highest BCUT2D eigenvalue weighted by Gasteiger charge is 2.29. The lowest BCUT2D eigenvalue weighted by Crippen LogP contribution is -2.39. The molecule has 1 saturated heterocycles. The molecule has 1 aliphatic heterocycles. The highest BCUT2D eigenvalue weighted by atomic mass is 35.5. The third-order valence-electron chi connectivity index (χ3n) is 4.69. The van der Waals surface area contributed by atoms with Gasteiger partial charge in [0.15, 0.2) is 12.4 Å². The van der Waals surface area contributed by atoms with Gasteiger partial charge in [0.05, 0.1) is 6.10 Å². The van der Waals surface area contributed by atoms with E-state index in [1.165, 1.54) is 11.0 Å². The van der Waals surface area contributed by atoms with Crippen molar-refractivity contribution in [3.8, 4) is 5.75 Å². The summed E-state index contributed by atoms with van der Waals surface area (Å²) < 4.78 is 77.7. The summed E-state index contributed by atoms with van der Waals surface area (Å²) in [7, 11) is 0. The highest BCUT2D eigenvalue weighted by molar-refractivity contribution is 6.35. The van der Waals surface area contributed by atoms with Gasteiger partial charge in [-0.1, -0.05) is 29.3 Å². The smallest absolute Gasteiger partial charge is 0.260 e. The second-order valence-corrected chi connectivity index (χ2v) is 7.68. The van der Waals surface area contributed by atoms with Crippen molar-refractivity contribution in [2.24, 2.45) is 0 Å². The van der Waals surface area contributed by atoms with Crippen molar-refractivity contribution in [3.05, 3.63) is 62.9 Å². The Kier molecular flexibility index (Phi) is 7.61. The molecule has 2 aromatic carbocycles. The molecule has 0 unspecified atom stereocenters. The zero-order valence-corrected chi connectivity index (χ0v) is 17.4. The predicted octanol–water partition coefficient (Wildman–Crippen LogP) is 5.28. The lowest BCUT2D eigenvalue weighted by atomic mass is 10.1. The van der Waals surface area contributed by atoms with Gasteiger partial charge in [-0.05, 0) is 30.5 Å². The van der Waals surface area contributed by atoms with E-state index in [2.05, 4.69) is 0 Å². The minimum absolute atomic E-state index is 0.00480. The van der Waals surface area contributed by atoms with Crippen LogP contribution in [-0.4, -0.2) is 36.7 Å². The Morgan fingerprint density at radius 3 is 2.29 bits per heavy atom. The molecule has 1 aliphatic rings. The number of halogens is 7. The predicted molar refractivity (Wildman–Crippen MR) is 103 cm³/mol. The summed E-state index contributed by atoms with van der Waals surface area (Å²) in [5.41, 5.74) is 0.536. The standard InChI is InChI=1S/C20H16Cl2F5NO3/c21-11-4-3-10(13(22)6-11)7-28(8-12-2-1-5-30-12)14(29)9-31-20-18(26)16(24)15(23)17(25)19(20)27/h3-4,6,12H,1-2,5,7-9H2/t12-/m0/s1. The van der Waals surface area contributed by atoms with Crippen LogP contribution in [0.2, 0.25) is 10.0 Å². The topological polar surface area (TPSA) is 38.8 Å². The molecule has 0 bridgehead atoms. The molecule has 0 saturated carbocycles. The van der Waals surface area contributed by atoms with Gasteiger partial charge in [-0.15, -0.1) is 0 Å². The number of hydrogen-bond acceptors (Lipinski definition) is 3. The van der Waals surface area contributed by atoms with E-state index in [4.69, 9.17) is 32.7 Å². The Labute approximate surface area is 184 Å². The molecule has 0 aliphatic carbocycles. The highest BCUT2D eigenvalue weighted by Crippen LogP contribution is 2.29. The normalized spacial score (nSPS) is 15.9. The first-order chi connectivity index (χ1) is 14.7. The van der Waals surface area contributed by atoms with Crippen LogP contribution in [0.5, 0.6) is 5.75 Å². The molecule has 168 valence electrons. The molecule has 0 N–H and O–H groups in total. The molecule has 3 rings (SSSR count). The Morgan fingerprint density at radius 2 is 1.71 bits per heavy atom. The maximum Gasteiger partial charge on any atom is 0.260 e. The van der Waals surface area contributed by atoms with Crippen LogP contribution in [0, 0.1) is 29.1 Å². The van der Waals surface area contributed by atoms with Gasteiger partial charge in [-0.2, -0.15) is 8.78 Å². The summed E-state index contributed by atoms with van der Waals surface area (Å²) in [6.07, 6.45) is 1.22. The van der Waals surface area contributed by atoms with E-state index in [9.17, 15) is 26.7 Å². The van der Waals surface area contributed by atoms with E-state index in [0.29, 0.717) is 28.6 Å². The van der Waals surface area contributed by atoms with Crippen molar-refractivity contribution < 1.29 is 36.2 Å². The summed E-state index contributed by atoms with van der Waals surface area (Å²) in [5, 5.41) is 0.679. The first-order valence-electron chi connectivity index (χ1n) is 9.16. The molecular weight excluding hydrogens is 468 g/mol. The summed E-state index contributed by atoms with van der Waals surface area (Å²) in [6, 6.07) is 4.66. The molecule has 11 heteroatoms. The van der Waals surface area contributed by atoms with Gasteiger partial charge in [-0.25, -0.2) is 13.2 Å². The van der Waals surface area contributed by atoms with Crippen LogP contribution in [0.15, 0.2) is 18.2 Å². The number of hydrogen-bond donors (Lipinski definition) is 0. The summed E-state index contributed by atoms with van der Waals surface area (Å²) in [5.74, 6) is -13.2. The van der Waals surface area contributed by atoms with Crippen molar-refractivity contribution in [2.45, 2.75) is 25.5 Å². The molecule has 0 spiro atoms. The van der Waals surface area contributed by atoms with Crippen LogP contribution in [0.1, 0.15) is 18.4 Å². The molecule has 0 aromatic heterocycles. The fraction of sp³-hybridized carbons (Fsp3) is 0.350. The Balaban J connectivity index is 1.78. The van der Waals surface area contributed by atoms with Crippen LogP contribution >= 0.6 is 23.2 Å². The van der Waals surface area contributed by atoms with Crippen LogP contribution in [-0.2, 0) is 16.1 Å². The van der Waals surface area contributed by atoms with Crippen molar-refractivity contribution in [1.29, 1.82) is 0 Å². The number of benzene rings is 2. The number of carbonyl (C=O) groups is 1. The average molecular weight is 484 g/mol. The molecule has 0 radical (unpaired) electrons. The maximum atomic E-state index is 13.8. The van der Waals surface area contributed by atoms with Gasteiger partial charge < -0.3 is 14.4 Å². The molecule has 1 fully saturated rings. The fourth-order valence-electron chi connectivity index (χ4n) is 3.08.